The summed E-state index contributed by atoms with van der Waals surface area (Å²) in [5.74, 6) is 2.44. The van der Waals surface area contributed by atoms with Crippen molar-refractivity contribution in [3.05, 3.63) is 71.7 Å². The fraction of sp³-hybridized carbons (Fsp3) is 0.238. The summed E-state index contributed by atoms with van der Waals surface area (Å²) in [6.07, 6.45) is 2.73. The van der Waals surface area contributed by atoms with Gasteiger partial charge in [-0.25, -0.2) is 0 Å². The zero-order valence-electron chi connectivity index (χ0n) is 15.9. The van der Waals surface area contributed by atoms with Gasteiger partial charge in [-0.05, 0) is 35.7 Å². The molecule has 7 heteroatoms. The molecule has 0 aliphatic heterocycles. The number of nitrogens with zero attached hydrogens (tertiary/aromatic N) is 3. The lowest BCUT2D eigenvalue weighted by Gasteiger charge is -2.11. The lowest BCUT2D eigenvalue weighted by molar-refractivity contribution is 0.414. The van der Waals surface area contributed by atoms with Gasteiger partial charge in [0.25, 0.3) is 0 Å². The van der Waals surface area contributed by atoms with Crippen LogP contribution in [-0.4, -0.2) is 26.9 Å². The number of benzene rings is 2. The number of aromatic nitrogens is 4. The van der Waals surface area contributed by atoms with Crippen molar-refractivity contribution in [3.63, 3.8) is 0 Å². The number of fused-ring (bicyclic) bond motifs is 1. The number of rotatable bonds is 7. The predicted octanol–water partition coefficient (Wildman–Crippen LogP) is 3.84. The largest absolute Gasteiger partial charge is 0.497 e. The Kier molecular flexibility index (Phi) is 5.36. The molecule has 2 aromatic carbocycles. The van der Waals surface area contributed by atoms with Crippen LogP contribution in [0.2, 0.25) is 0 Å². The molecule has 28 heavy (non-hydrogen) atoms. The van der Waals surface area contributed by atoms with Gasteiger partial charge >= 0.3 is 0 Å². The molecule has 1 atom stereocenters. The second kappa shape index (κ2) is 8.08. The summed E-state index contributed by atoms with van der Waals surface area (Å²) in [6, 6.07) is 16.1. The minimum atomic E-state index is -0.220. The summed E-state index contributed by atoms with van der Waals surface area (Å²) in [6.45, 7) is 0. The number of nitrogens with two attached hydrogens (primary N) is 1. The highest BCUT2D eigenvalue weighted by molar-refractivity contribution is 7.98. The highest BCUT2D eigenvalue weighted by atomic mass is 32.2. The zero-order valence-corrected chi connectivity index (χ0v) is 16.7. The molecule has 0 saturated heterocycles. The summed E-state index contributed by atoms with van der Waals surface area (Å²) >= 11 is 1.64. The summed E-state index contributed by atoms with van der Waals surface area (Å²) in [5.41, 5.74) is 9.97. The Morgan fingerprint density at radius 3 is 2.89 bits per heavy atom. The Morgan fingerprint density at radius 1 is 1.18 bits per heavy atom. The van der Waals surface area contributed by atoms with E-state index in [2.05, 4.69) is 33.4 Å². The highest BCUT2D eigenvalue weighted by Gasteiger charge is 2.18. The van der Waals surface area contributed by atoms with Gasteiger partial charge in [-0.1, -0.05) is 42.1 Å². The highest BCUT2D eigenvalue weighted by Crippen LogP contribution is 2.26. The summed E-state index contributed by atoms with van der Waals surface area (Å²) in [5, 5.41) is 10.8. The maximum absolute atomic E-state index is 6.47. The number of nitrogens with one attached hydrogen (secondary N) is 1. The van der Waals surface area contributed by atoms with Crippen molar-refractivity contribution in [2.45, 2.75) is 23.4 Å². The van der Waals surface area contributed by atoms with E-state index in [4.69, 9.17) is 10.5 Å². The fourth-order valence-corrected chi connectivity index (χ4v) is 4.17. The van der Waals surface area contributed by atoms with Gasteiger partial charge in [0.05, 0.1) is 13.2 Å². The molecule has 2 aromatic heterocycles. The van der Waals surface area contributed by atoms with Crippen LogP contribution < -0.4 is 10.5 Å². The Labute approximate surface area is 168 Å². The molecule has 0 spiro atoms. The molecule has 2 heterocycles. The number of hydrogen-bond acceptors (Lipinski definition) is 5. The van der Waals surface area contributed by atoms with Crippen molar-refractivity contribution in [1.29, 1.82) is 0 Å². The van der Waals surface area contributed by atoms with Crippen molar-refractivity contribution in [2.75, 3.05) is 7.11 Å². The first-order valence-corrected chi connectivity index (χ1v) is 10.1. The number of H-pyrrole nitrogens is 1. The molecule has 0 bridgehead atoms. The van der Waals surface area contributed by atoms with E-state index in [9.17, 15) is 0 Å². The van der Waals surface area contributed by atoms with Crippen molar-refractivity contribution in [2.24, 2.45) is 12.8 Å². The van der Waals surface area contributed by atoms with Gasteiger partial charge < -0.3 is 20.0 Å². The van der Waals surface area contributed by atoms with Gasteiger partial charge in [0.2, 0.25) is 0 Å². The first-order valence-electron chi connectivity index (χ1n) is 9.11. The lowest BCUT2D eigenvalue weighted by Crippen LogP contribution is -2.18. The van der Waals surface area contributed by atoms with Crippen LogP contribution in [0.15, 0.2) is 59.9 Å². The van der Waals surface area contributed by atoms with E-state index in [1.54, 1.807) is 18.9 Å². The smallest absolute Gasteiger partial charge is 0.191 e. The Bertz CT molecular complexity index is 1090. The van der Waals surface area contributed by atoms with Crippen LogP contribution in [0.3, 0.4) is 0 Å². The first kappa shape index (κ1) is 18.6. The van der Waals surface area contributed by atoms with Crippen LogP contribution in [0.5, 0.6) is 5.75 Å². The van der Waals surface area contributed by atoms with Crippen molar-refractivity contribution in [1.82, 2.24) is 19.7 Å². The van der Waals surface area contributed by atoms with Crippen LogP contribution in [-0.2, 0) is 19.2 Å². The quantitative estimate of drug-likeness (QED) is 0.466. The molecule has 4 aromatic rings. The Morgan fingerprint density at radius 2 is 2.04 bits per heavy atom. The number of ether oxygens (including phenoxy) is 1. The van der Waals surface area contributed by atoms with Crippen LogP contribution in [0.25, 0.3) is 10.9 Å². The maximum atomic E-state index is 6.47. The Hall–Kier alpha value is -2.77. The zero-order chi connectivity index (χ0) is 19.5. The number of para-hydroxylation sites is 1. The van der Waals surface area contributed by atoms with Crippen LogP contribution >= 0.6 is 11.8 Å². The summed E-state index contributed by atoms with van der Waals surface area (Å²) in [4.78, 5) is 3.30. The number of methoxy groups -OCH3 is 1. The molecule has 4 rings (SSSR count). The first-order chi connectivity index (χ1) is 13.7. The molecular weight excluding hydrogens is 370 g/mol. The third kappa shape index (κ3) is 3.76. The topological polar surface area (TPSA) is 81.8 Å². The van der Waals surface area contributed by atoms with E-state index in [0.717, 1.165) is 28.0 Å². The standard InChI is InChI=1S/C21H23N5OS/c1-26-20(18(22)11-15-12-23-19-9-4-3-8-17(15)19)24-25-21(26)28-13-14-6-5-7-16(10-14)27-2/h3-10,12,18,23H,11,13,22H2,1-2H3. The molecule has 6 nitrogen and oxygen atoms in total. The van der Waals surface area contributed by atoms with E-state index < -0.39 is 0 Å². The molecule has 0 fully saturated rings. The van der Waals surface area contributed by atoms with E-state index >= 15 is 0 Å². The minimum Gasteiger partial charge on any atom is -0.497 e. The van der Waals surface area contributed by atoms with E-state index in [1.165, 1.54) is 16.5 Å². The van der Waals surface area contributed by atoms with Crippen LogP contribution in [0, 0.1) is 0 Å². The summed E-state index contributed by atoms with van der Waals surface area (Å²) in [7, 11) is 3.65. The molecule has 0 radical (unpaired) electrons. The van der Waals surface area contributed by atoms with E-state index in [-0.39, 0.29) is 6.04 Å². The normalized spacial score (nSPS) is 12.4. The molecule has 0 aliphatic carbocycles. The van der Waals surface area contributed by atoms with Crippen molar-refractivity contribution in [3.8, 4) is 5.75 Å². The Balaban J connectivity index is 1.46. The number of hydrogen-bond donors (Lipinski definition) is 2. The third-order valence-electron chi connectivity index (χ3n) is 4.82. The minimum absolute atomic E-state index is 0.220. The molecule has 3 N–H and O–H groups in total. The fourth-order valence-electron chi connectivity index (χ4n) is 3.31. The lowest BCUT2D eigenvalue weighted by atomic mass is 10.1. The van der Waals surface area contributed by atoms with Crippen molar-refractivity contribution < 1.29 is 4.74 Å². The number of thioether (sulfide) groups is 1. The average Bonchev–Trinajstić information content (AvgIpc) is 3.30. The van der Waals surface area contributed by atoms with E-state index in [1.807, 2.05) is 48.1 Å². The van der Waals surface area contributed by atoms with Gasteiger partial charge in [0.1, 0.15) is 5.75 Å². The molecular formula is C21H23N5OS. The molecule has 1 unspecified atom stereocenters. The van der Waals surface area contributed by atoms with Crippen LogP contribution in [0.4, 0.5) is 0 Å². The number of aromatic amines is 1. The van der Waals surface area contributed by atoms with Gasteiger partial charge in [0.15, 0.2) is 11.0 Å². The van der Waals surface area contributed by atoms with Crippen LogP contribution in [0.1, 0.15) is 23.0 Å². The average molecular weight is 394 g/mol. The predicted molar refractivity (Wildman–Crippen MR) is 112 cm³/mol. The third-order valence-corrected chi connectivity index (χ3v) is 5.91. The maximum Gasteiger partial charge on any atom is 0.191 e. The molecule has 0 amide bonds. The summed E-state index contributed by atoms with van der Waals surface area (Å²) < 4.78 is 7.28. The van der Waals surface area contributed by atoms with Gasteiger partial charge in [-0.2, -0.15) is 0 Å². The van der Waals surface area contributed by atoms with Gasteiger partial charge in [-0.15, -0.1) is 10.2 Å². The molecule has 0 aliphatic rings. The molecule has 0 saturated carbocycles. The van der Waals surface area contributed by atoms with Crippen molar-refractivity contribution >= 4 is 22.7 Å². The second-order valence-corrected chi connectivity index (χ2v) is 7.65. The molecule has 144 valence electrons. The van der Waals surface area contributed by atoms with E-state index in [0.29, 0.717) is 6.42 Å². The van der Waals surface area contributed by atoms with Gasteiger partial charge in [0, 0.05) is 29.9 Å². The van der Waals surface area contributed by atoms with Gasteiger partial charge in [-0.3, -0.25) is 0 Å². The monoisotopic (exact) mass is 393 g/mol. The SMILES string of the molecule is COc1cccc(CSc2nnc(C(N)Cc3c[nH]c4ccccc34)n2C)c1. The second-order valence-electron chi connectivity index (χ2n) is 6.71.